The Hall–Kier alpha value is -3.04. The molecule has 2 heterocycles. The van der Waals surface area contributed by atoms with Crippen molar-refractivity contribution in [2.24, 2.45) is 11.8 Å². The molecule has 2 N–H and O–H groups in total. The van der Waals surface area contributed by atoms with Gasteiger partial charge in [-0.1, -0.05) is 6.92 Å². The van der Waals surface area contributed by atoms with Crippen LogP contribution in [0, 0.1) is 17.7 Å². The summed E-state index contributed by atoms with van der Waals surface area (Å²) in [5.41, 5.74) is 0.858. The van der Waals surface area contributed by atoms with Gasteiger partial charge < -0.3 is 25.0 Å². The van der Waals surface area contributed by atoms with E-state index < -0.39 is 24.1 Å². The fourth-order valence-electron chi connectivity index (χ4n) is 3.80. The van der Waals surface area contributed by atoms with Crippen LogP contribution in [0.2, 0.25) is 0 Å². The lowest BCUT2D eigenvalue weighted by molar-refractivity contribution is -0.119. The van der Waals surface area contributed by atoms with Crippen LogP contribution in [0.1, 0.15) is 13.8 Å². The van der Waals surface area contributed by atoms with Crippen molar-refractivity contribution in [2.75, 3.05) is 49.6 Å². The van der Waals surface area contributed by atoms with Crippen LogP contribution in [0.15, 0.2) is 18.2 Å². The predicted molar refractivity (Wildman–Crippen MR) is 108 cm³/mol. The number of cyclic esters (lactones) is 1. The van der Waals surface area contributed by atoms with Gasteiger partial charge in [0.25, 0.3) is 0 Å². The Morgan fingerprint density at radius 2 is 2.00 bits per heavy atom. The number of carbonyl (C=O) groups excluding carboxylic acids is 3. The molecular weight excluding hydrogens is 395 g/mol. The summed E-state index contributed by atoms with van der Waals surface area (Å²) in [6.07, 6.45) is -1.53. The van der Waals surface area contributed by atoms with Crippen molar-refractivity contribution in [1.29, 1.82) is 0 Å². The maximum Gasteiger partial charge on any atom is 0.414 e. The highest BCUT2D eigenvalue weighted by atomic mass is 19.1. The standard InChI is InChI=1S/C20H27FN4O5/c1-12-9-24(10-14(12)7-23-19(27)29-3)18-5-4-15(6-17(18)21)25-11-16(30-20(25)28)8-22-13(2)26/h4-6,12,14,16H,7-11H2,1-3H3,(H,22,26)(H,23,27). The van der Waals surface area contributed by atoms with Crippen LogP contribution in [-0.4, -0.2) is 64.0 Å². The molecule has 0 bridgehead atoms. The molecule has 3 rings (SSSR count). The number of methoxy groups -OCH3 is 1. The van der Waals surface area contributed by atoms with Gasteiger partial charge in [0.05, 0.1) is 31.6 Å². The number of hydrogen-bond donors (Lipinski definition) is 2. The topological polar surface area (TPSA) is 100 Å². The summed E-state index contributed by atoms with van der Waals surface area (Å²) in [5, 5.41) is 5.31. The van der Waals surface area contributed by atoms with E-state index in [2.05, 4.69) is 22.3 Å². The quantitative estimate of drug-likeness (QED) is 0.724. The Morgan fingerprint density at radius 3 is 2.67 bits per heavy atom. The molecule has 2 fully saturated rings. The van der Waals surface area contributed by atoms with E-state index in [1.807, 2.05) is 4.90 Å². The highest BCUT2D eigenvalue weighted by Crippen LogP contribution is 2.32. The summed E-state index contributed by atoms with van der Waals surface area (Å²) < 4.78 is 24.7. The first-order valence-corrected chi connectivity index (χ1v) is 9.87. The van der Waals surface area contributed by atoms with Gasteiger partial charge in [0.15, 0.2) is 0 Å². The Bertz CT molecular complexity index is 820. The molecule has 10 heteroatoms. The van der Waals surface area contributed by atoms with Crippen molar-refractivity contribution in [3.05, 3.63) is 24.0 Å². The van der Waals surface area contributed by atoms with Crippen molar-refractivity contribution < 1.29 is 28.2 Å². The molecule has 1 aromatic carbocycles. The number of nitrogens with zero attached hydrogens (tertiary/aromatic N) is 2. The molecule has 9 nitrogen and oxygen atoms in total. The zero-order valence-electron chi connectivity index (χ0n) is 17.3. The van der Waals surface area contributed by atoms with Crippen molar-refractivity contribution in [3.63, 3.8) is 0 Å². The minimum Gasteiger partial charge on any atom is -0.453 e. The Balaban J connectivity index is 1.64. The summed E-state index contributed by atoms with van der Waals surface area (Å²) in [6, 6.07) is 4.66. The molecule has 3 atom stereocenters. The van der Waals surface area contributed by atoms with Gasteiger partial charge >= 0.3 is 12.2 Å². The van der Waals surface area contributed by atoms with E-state index in [9.17, 15) is 18.8 Å². The zero-order chi connectivity index (χ0) is 21.8. The van der Waals surface area contributed by atoms with Gasteiger partial charge in [0.1, 0.15) is 11.9 Å². The van der Waals surface area contributed by atoms with Gasteiger partial charge in [-0.15, -0.1) is 0 Å². The molecule has 0 aromatic heterocycles. The molecule has 0 spiro atoms. The molecule has 2 aliphatic heterocycles. The van der Waals surface area contributed by atoms with Crippen LogP contribution in [-0.2, 0) is 14.3 Å². The highest BCUT2D eigenvalue weighted by Gasteiger charge is 2.34. The molecule has 2 saturated heterocycles. The van der Waals surface area contributed by atoms with Crippen LogP contribution in [0.25, 0.3) is 0 Å². The number of amides is 3. The number of hydrogen-bond acceptors (Lipinski definition) is 6. The van der Waals surface area contributed by atoms with E-state index in [1.165, 1.54) is 25.0 Å². The van der Waals surface area contributed by atoms with E-state index in [4.69, 9.17) is 4.74 Å². The van der Waals surface area contributed by atoms with Crippen LogP contribution >= 0.6 is 0 Å². The summed E-state index contributed by atoms with van der Waals surface area (Å²) in [7, 11) is 1.31. The minimum atomic E-state index is -0.568. The molecule has 0 radical (unpaired) electrons. The van der Waals surface area contributed by atoms with E-state index in [0.717, 1.165) is 0 Å². The van der Waals surface area contributed by atoms with E-state index in [0.29, 0.717) is 31.0 Å². The largest absolute Gasteiger partial charge is 0.453 e. The third-order valence-electron chi connectivity index (χ3n) is 5.50. The normalized spacial score (nSPS) is 23.3. The maximum absolute atomic E-state index is 14.9. The maximum atomic E-state index is 14.9. The zero-order valence-corrected chi connectivity index (χ0v) is 17.3. The second-order valence-electron chi connectivity index (χ2n) is 7.70. The first kappa shape index (κ1) is 21.7. The first-order chi connectivity index (χ1) is 14.3. The van der Waals surface area contributed by atoms with E-state index in [1.54, 1.807) is 12.1 Å². The Kier molecular flexibility index (Phi) is 6.63. The SMILES string of the molecule is COC(=O)NCC1CN(c2ccc(N3CC(CNC(C)=O)OC3=O)cc2F)CC1C. The van der Waals surface area contributed by atoms with Crippen LogP contribution in [0.3, 0.4) is 0 Å². The lowest BCUT2D eigenvalue weighted by Gasteiger charge is -2.21. The molecule has 0 aliphatic carbocycles. The van der Waals surface area contributed by atoms with E-state index >= 15 is 0 Å². The van der Waals surface area contributed by atoms with Crippen molar-refractivity contribution in [2.45, 2.75) is 20.0 Å². The monoisotopic (exact) mass is 422 g/mol. The van der Waals surface area contributed by atoms with E-state index in [-0.39, 0.29) is 30.8 Å². The molecular formula is C20H27FN4O5. The third-order valence-corrected chi connectivity index (χ3v) is 5.50. The van der Waals surface area contributed by atoms with Crippen molar-refractivity contribution in [1.82, 2.24) is 10.6 Å². The number of halogens is 1. The molecule has 2 aliphatic rings. The summed E-state index contributed by atoms with van der Waals surface area (Å²) in [6.45, 7) is 5.62. The second kappa shape index (κ2) is 9.19. The fraction of sp³-hybridized carbons (Fsp3) is 0.550. The average molecular weight is 422 g/mol. The number of carbonyl (C=O) groups is 3. The first-order valence-electron chi connectivity index (χ1n) is 9.87. The summed E-state index contributed by atoms with van der Waals surface area (Å²) in [5.74, 6) is -0.199. The number of anilines is 2. The van der Waals surface area contributed by atoms with Gasteiger partial charge in [-0.05, 0) is 30.0 Å². The van der Waals surface area contributed by atoms with Gasteiger partial charge in [-0.2, -0.15) is 0 Å². The molecule has 3 amide bonds. The van der Waals surface area contributed by atoms with Crippen LogP contribution in [0.4, 0.5) is 25.4 Å². The van der Waals surface area contributed by atoms with Crippen LogP contribution in [0.5, 0.6) is 0 Å². The Morgan fingerprint density at radius 1 is 1.23 bits per heavy atom. The van der Waals surface area contributed by atoms with Gasteiger partial charge in [-0.3, -0.25) is 9.69 Å². The van der Waals surface area contributed by atoms with Crippen LogP contribution < -0.4 is 20.4 Å². The molecule has 3 unspecified atom stereocenters. The molecule has 30 heavy (non-hydrogen) atoms. The van der Waals surface area contributed by atoms with Crippen molar-refractivity contribution >= 4 is 29.5 Å². The summed E-state index contributed by atoms with van der Waals surface area (Å²) in [4.78, 5) is 37.8. The van der Waals surface area contributed by atoms with Gasteiger partial charge in [0, 0.05) is 26.6 Å². The number of alkyl carbamates (subject to hydrolysis) is 1. The van der Waals surface area contributed by atoms with Gasteiger partial charge in [-0.25, -0.2) is 14.0 Å². The highest BCUT2D eigenvalue weighted by molar-refractivity contribution is 5.90. The smallest absolute Gasteiger partial charge is 0.414 e. The number of benzene rings is 1. The number of rotatable bonds is 6. The minimum absolute atomic E-state index is 0.172. The molecule has 0 saturated carbocycles. The van der Waals surface area contributed by atoms with Gasteiger partial charge in [0.2, 0.25) is 5.91 Å². The second-order valence-corrected chi connectivity index (χ2v) is 7.70. The predicted octanol–water partition coefficient (Wildman–Crippen LogP) is 1.72. The number of ether oxygens (including phenoxy) is 2. The Labute approximate surface area is 174 Å². The molecule has 164 valence electrons. The lowest BCUT2D eigenvalue weighted by atomic mass is 9.98. The lowest BCUT2D eigenvalue weighted by Crippen LogP contribution is -2.33. The van der Waals surface area contributed by atoms with Crippen molar-refractivity contribution in [3.8, 4) is 0 Å². The fourth-order valence-corrected chi connectivity index (χ4v) is 3.80. The third kappa shape index (κ3) is 4.92. The average Bonchev–Trinajstić information content (AvgIpc) is 3.26. The molecule has 1 aromatic rings. The number of nitrogens with one attached hydrogen (secondary N) is 2. The summed E-state index contributed by atoms with van der Waals surface area (Å²) >= 11 is 0.